The standard InChI is InChI=1S/C11H21O2Si/c1-4-5-6-7-8-9-10-11(14,12-2)13-3/h4H,1,5-10H2,2-3H3. The van der Waals surface area contributed by atoms with Crippen molar-refractivity contribution in [3.63, 3.8) is 0 Å². The lowest BCUT2D eigenvalue weighted by Crippen LogP contribution is -2.33. The molecule has 3 heteroatoms. The molecule has 0 amide bonds. The molecule has 0 saturated heterocycles. The normalized spacial score (nSPS) is 11.6. The Morgan fingerprint density at radius 2 is 1.71 bits per heavy atom. The van der Waals surface area contributed by atoms with E-state index in [1.807, 2.05) is 6.08 Å². The molecule has 0 heterocycles. The van der Waals surface area contributed by atoms with Crippen LogP contribution in [-0.4, -0.2) is 29.9 Å². The monoisotopic (exact) mass is 213 g/mol. The van der Waals surface area contributed by atoms with Crippen LogP contribution in [0.25, 0.3) is 0 Å². The highest BCUT2D eigenvalue weighted by Gasteiger charge is 2.21. The first-order chi connectivity index (χ1) is 6.68. The van der Waals surface area contributed by atoms with Crippen molar-refractivity contribution in [2.24, 2.45) is 0 Å². The van der Waals surface area contributed by atoms with Crippen molar-refractivity contribution in [3.05, 3.63) is 12.7 Å². The van der Waals surface area contributed by atoms with Crippen LogP contribution in [0.1, 0.15) is 38.5 Å². The molecule has 0 unspecified atom stereocenters. The Morgan fingerprint density at radius 1 is 1.14 bits per heavy atom. The molecule has 0 atom stereocenters. The molecule has 14 heavy (non-hydrogen) atoms. The molecular formula is C11H21O2Si. The van der Waals surface area contributed by atoms with E-state index in [4.69, 9.17) is 9.47 Å². The first kappa shape index (κ1) is 13.9. The summed E-state index contributed by atoms with van der Waals surface area (Å²) in [6.07, 6.45) is 8.78. The molecule has 0 spiro atoms. The van der Waals surface area contributed by atoms with E-state index in [0.29, 0.717) is 0 Å². The zero-order valence-corrected chi connectivity index (χ0v) is 10.3. The summed E-state index contributed by atoms with van der Waals surface area (Å²) < 4.78 is 10.4. The van der Waals surface area contributed by atoms with Gasteiger partial charge in [0.15, 0.2) is 0 Å². The van der Waals surface area contributed by atoms with E-state index in [-0.39, 0.29) is 0 Å². The summed E-state index contributed by atoms with van der Waals surface area (Å²) in [5.74, 6) is 0. The van der Waals surface area contributed by atoms with Gasteiger partial charge in [0.2, 0.25) is 0 Å². The van der Waals surface area contributed by atoms with Crippen LogP contribution in [-0.2, 0) is 9.47 Å². The predicted molar refractivity (Wildman–Crippen MR) is 60.4 cm³/mol. The number of ether oxygens (including phenoxy) is 2. The number of hydrogen-bond donors (Lipinski definition) is 0. The van der Waals surface area contributed by atoms with Crippen molar-refractivity contribution in [1.82, 2.24) is 0 Å². The Bertz CT molecular complexity index is 144. The minimum absolute atomic E-state index is 0.585. The van der Waals surface area contributed by atoms with Crippen LogP contribution >= 0.6 is 0 Å². The highest BCUT2D eigenvalue weighted by molar-refractivity contribution is 6.13. The fourth-order valence-corrected chi connectivity index (χ4v) is 1.46. The van der Waals surface area contributed by atoms with Gasteiger partial charge in [-0.05, 0) is 25.7 Å². The van der Waals surface area contributed by atoms with E-state index in [0.717, 1.165) is 19.3 Å². The van der Waals surface area contributed by atoms with Crippen molar-refractivity contribution in [3.8, 4) is 0 Å². The first-order valence-electron chi connectivity index (χ1n) is 5.14. The van der Waals surface area contributed by atoms with Crippen LogP contribution in [0.5, 0.6) is 0 Å². The second kappa shape index (κ2) is 8.21. The van der Waals surface area contributed by atoms with E-state index in [9.17, 15) is 0 Å². The maximum Gasteiger partial charge on any atom is 0.143 e. The van der Waals surface area contributed by atoms with Crippen molar-refractivity contribution in [1.29, 1.82) is 0 Å². The third-order valence-corrected chi connectivity index (χ3v) is 2.98. The van der Waals surface area contributed by atoms with Gasteiger partial charge in [-0.25, -0.2) is 0 Å². The number of hydrogen-bond acceptors (Lipinski definition) is 2. The van der Waals surface area contributed by atoms with E-state index in [2.05, 4.69) is 16.8 Å². The van der Waals surface area contributed by atoms with Gasteiger partial charge in [0.05, 0.1) is 0 Å². The molecule has 0 aromatic carbocycles. The Balaban J connectivity index is 3.38. The van der Waals surface area contributed by atoms with E-state index < -0.39 is 5.41 Å². The van der Waals surface area contributed by atoms with Crippen LogP contribution in [0, 0.1) is 0 Å². The fraction of sp³-hybridized carbons (Fsp3) is 0.818. The number of allylic oxidation sites excluding steroid dienone is 1. The van der Waals surface area contributed by atoms with Gasteiger partial charge in [-0.15, -0.1) is 6.58 Å². The molecule has 0 aromatic heterocycles. The third-order valence-electron chi connectivity index (χ3n) is 2.32. The summed E-state index contributed by atoms with van der Waals surface area (Å²) in [5, 5.41) is 0. The molecule has 0 aliphatic carbocycles. The minimum atomic E-state index is -0.585. The SMILES string of the molecule is C=CCCCCCCC([Si])(OC)OC. The fourth-order valence-electron chi connectivity index (χ4n) is 1.29. The van der Waals surface area contributed by atoms with Gasteiger partial charge in [-0.2, -0.15) is 0 Å². The highest BCUT2D eigenvalue weighted by Crippen LogP contribution is 2.16. The van der Waals surface area contributed by atoms with E-state index in [1.54, 1.807) is 14.2 Å². The molecule has 0 aliphatic rings. The maximum absolute atomic E-state index is 5.19. The van der Waals surface area contributed by atoms with Gasteiger partial charge in [-0.1, -0.05) is 18.9 Å². The molecule has 0 rings (SSSR count). The Hall–Kier alpha value is -0.123. The Kier molecular flexibility index (Phi) is 8.13. The van der Waals surface area contributed by atoms with Gasteiger partial charge in [0.1, 0.15) is 15.7 Å². The summed E-state index contributed by atoms with van der Waals surface area (Å²) in [5.41, 5.74) is -0.585. The van der Waals surface area contributed by atoms with Crippen LogP contribution < -0.4 is 0 Å². The smallest absolute Gasteiger partial charge is 0.143 e. The summed E-state index contributed by atoms with van der Waals surface area (Å²) in [7, 11) is 6.75. The Morgan fingerprint density at radius 3 is 2.21 bits per heavy atom. The molecule has 3 radical (unpaired) electrons. The predicted octanol–water partition coefficient (Wildman–Crippen LogP) is 2.63. The van der Waals surface area contributed by atoms with Crippen molar-refractivity contribution < 1.29 is 9.47 Å². The molecule has 0 aliphatic heterocycles. The summed E-state index contributed by atoms with van der Waals surface area (Å²) in [6, 6.07) is 0. The average Bonchev–Trinajstić information content (AvgIpc) is 2.23. The third kappa shape index (κ3) is 6.35. The Labute approximate surface area is 91.1 Å². The molecule has 2 nitrogen and oxygen atoms in total. The number of rotatable bonds is 9. The average molecular weight is 213 g/mol. The van der Waals surface area contributed by atoms with Gasteiger partial charge in [0, 0.05) is 14.2 Å². The maximum atomic E-state index is 5.19. The highest BCUT2D eigenvalue weighted by atomic mass is 28.1. The number of methoxy groups -OCH3 is 2. The lowest BCUT2D eigenvalue weighted by molar-refractivity contribution is -0.146. The van der Waals surface area contributed by atoms with Crippen LogP contribution in [0.2, 0.25) is 0 Å². The van der Waals surface area contributed by atoms with Crippen molar-refractivity contribution in [2.75, 3.05) is 14.2 Å². The molecular weight excluding hydrogens is 192 g/mol. The van der Waals surface area contributed by atoms with E-state index in [1.165, 1.54) is 19.3 Å². The van der Waals surface area contributed by atoms with E-state index >= 15 is 0 Å². The molecule has 0 N–H and O–H groups in total. The molecule has 0 bridgehead atoms. The summed E-state index contributed by atoms with van der Waals surface area (Å²) in [4.78, 5) is 0. The lowest BCUT2D eigenvalue weighted by Gasteiger charge is -2.26. The van der Waals surface area contributed by atoms with Gasteiger partial charge >= 0.3 is 0 Å². The molecule has 0 aromatic rings. The molecule has 0 fully saturated rings. The minimum Gasteiger partial charge on any atom is -0.358 e. The van der Waals surface area contributed by atoms with Gasteiger partial charge < -0.3 is 9.47 Å². The lowest BCUT2D eigenvalue weighted by atomic mass is 10.1. The van der Waals surface area contributed by atoms with Crippen LogP contribution in [0.15, 0.2) is 12.7 Å². The largest absolute Gasteiger partial charge is 0.358 e. The summed E-state index contributed by atoms with van der Waals surface area (Å²) in [6.45, 7) is 3.70. The van der Waals surface area contributed by atoms with Gasteiger partial charge in [0.25, 0.3) is 0 Å². The molecule has 0 saturated carbocycles. The quantitative estimate of drug-likeness (QED) is 0.254. The topological polar surface area (TPSA) is 18.5 Å². The van der Waals surface area contributed by atoms with Crippen LogP contribution in [0.4, 0.5) is 0 Å². The van der Waals surface area contributed by atoms with Crippen molar-refractivity contribution >= 4 is 10.2 Å². The zero-order chi connectivity index (χ0) is 10.9. The summed E-state index contributed by atoms with van der Waals surface area (Å²) >= 11 is 0. The molecule has 81 valence electrons. The van der Waals surface area contributed by atoms with Gasteiger partial charge in [-0.3, -0.25) is 0 Å². The zero-order valence-electron chi connectivity index (χ0n) is 9.34. The first-order valence-corrected chi connectivity index (χ1v) is 5.64. The second-order valence-corrected chi connectivity index (χ2v) is 4.16. The van der Waals surface area contributed by atoms with Crippen molar-refractivity contribution in [2.45, 2.75) is 43.9 Å². The number of unbranched alkanes of at least 4 members (excludes halogenated alkanes) is 4. The second-order valence-electron chi connectivity index (χ2n) is 3.40. The van der Waals surface area contributed by atoms with Crippen LogP contribution in [0.3, 0.4) is 0 Å².